The summed E-state index contributed by atoms with van der Waals surface area (Å²) in [5.41, 5.74) is 5.35. The van der Waals surface area contributed by atoms with Crippen molar-refractivity contribution < 1.29 is 37.6 Å². The van der Waals surface area contributed by atoms with Gasteiger partial charge in [-0.25, -0.2) is 4.57 Å². The third kappa shape index (κ3) is 45.3. The molecule has 0 amide bonds. The zero-order chi connectivity index (χ0) is 43.2. The Bertz CT molecular complexity index is 1110. The van der Waals surface area contributed by atoms with Gasteiger partial charge in [0.15, 0.2) is 6.10 Å². The van der Waals surface area contributed by atoms with E-state index >= 15 is 0 Å². The maximum atomic E-state index is 12.6. The molecule has 0 aliphatic heterocycles. The monoisotopic (exact) mass is 852 g/mol. The van der Waals surface area contributed by atoms with E-state index in [1.807, 2.05) is 0 Å². The van der Waals surface area contributed by atoms with Crippen molar-refractivity contribution in [2.75, 3.05) is 26.4 Å². The van der Waals surface area contributed by atoms with E-state index in [2.05, 4.69) is 62.5 Å². The smallest absolute Gasteiger partial charge is 0.462 e. The van der Waals surface area contributed by atoms with Gasteiger partial charge in [0.2, 0.25) is 0 Å². The first-order valence-corrected chi connectivity index (χ1v) is 25.6. The molecule has 0 rings (SSSR count). The zero-order valence-electron chi connectivity index (χ0n) is 38.0. The first-order chi connectivity index (χ1) is 28.8. The van der Waals surface area contributed by atoms with Crippen molar-refractivity contribution in [3.8, 4) is 0 Å². The molecule has 2 atom stereocenters. The number of nitrogens with two attached hydrogens (primary N) is 1. The number of ether oxygens (including phenoxy) is 2. The predicted octanol–water partition coefficient (Wildman–Crippen LogP) is 14.3. The molecule has 0 aromatic heterocycles. The summed E-state index contributed by atoms with van der Waals surface area (Å²) in [6, 6.07) is 0. The molecule has 0 fully saturated rings. The summed E-state index contributed by atoms with van der Waals surface area (Å²) in [5, 5.41) is 0. The largest absolute Gasteiger partial charge is 0.472 e. The van der Waals surface area contributed by atoms with Gasteiger partial charge in [0, 0.05) is 19.4 Å². The molecule has 10 heteroatoms. The molecule has 0 saturated heterocycles. The molecule has 0 spiro atoms. The Labute approximate surface area is 362 Å². The van der Waals surface area contributed by atoms with Crippen molar-refractivity contribution in [1.82, 2.24) is 0 Å². The van der Waals surface area contributed by atoms with Crippen molar-refractivity contribution in [2.24, 2.45) is 5.73 Å². The number of carbonyl (C=O) groups is 2. The number of hydrogen-bond acceptors (Lipinski definition) is 8. The van der Waals surface area contributed by atoms with Gasteiger partial charge in [-0.15, -0.1) is 0 Å². The highest BCUT2D eigenvalue weighted by atomic mass is 31.2. The molecular weight excluding hydrogens is 762 g/mol. The summed E-state index contributed by atoms with van der Waals surface area (Å²) in [4.78, 5) is 34.9. The Balaban J connectivity index is 4.00. The number of esters is 2. The van der Waals surface area contributed by atoms with Gasteiger partial charge in [0.1, 0.15) is 6.61 Å². The first kappa shape index (κ1) is 57.0. The fraction of sp³-hybridized carbons (Fsp3) is 0.796. The van der Waals surface area contributed by atoms with E-state index in [4.69, 9.17) is 24.3 Å². The van der Waals surface area contributed by atoms with Crippen LogP contribution in [0.25, 0.3) is 0 Å². The zero-order valence-corrected chi connectivity index (χ0v) is 38.9. The van der Waals surface area contributed by atoms with Gasteiger partial charge in [0.05, 0.1) is 13.2 Å². The molecule has 0 aromatic carbocycles. The van der Waals surface area contributed by atoms with Crippen LogP contribution in [0, 0.1) is 0 Å². The van der Waals surface area contributed by atoms with Crippen molar-refractivity contribution in [1.29, 1.82) is 0 Å². The standard InChI is InChI=1S/C49H90NO8P/c1-3-5-7-9-11-13-15-17-18-19-20-21-22-23-24-25-26-27-28-30-31-33-35-37-39-41-48(51)55-45-47(46-57-59(53,54)56-44-43-50)58-49(52)42-40-38-36-34-32-29-16-14-12-10-8-6-4-2/h6,8,12,14,19-20,29,32,47H,3-5,7,9-11,13,15-18,21-28,30-31,33-46,50H2,1-2H3,(H,53,54)/b8-6-,14-12-,20-19-,32-29-. The summed E-state index contributed by atoms with van der Waals surface area (Å²) >= 11 is 0. The number of rotatable bonds is 45. The molecular formula is C49H90NO8P. The predicted molar refractivity (Wildman–Crippen MR) is 247 cm³/mol. The number of phosphoric ester groups is 1. The van der Waals surface area contributed by atoms with Crippen LogP contribution in [0.4, 0.5) is 0 Å². The van der Waals surface area contributed by atoms with Gasteiger partial charge in [-0.1, -0.05) is 184 Å². The first-order valence-electron chi connectivity index (χ1n) is 24.1. The van der Waals surface area contributed by atoms with E-state index in [0.29, 0.717) is 6.42 Å². The van der Waals surface area contributed by atoms with Gasteiger partial charge in [-0.3, -0.25) is 18.6 Å². The number of unbranched alkanes of at least 4 members (excludes halogenated alkanes) is 24. The van der Waals surface area contributed by atoms with Crippen LogP contribution in [0.5, 0.6) is 0 Å². The molecule has 0 aliphatic carbocycles. The summed E-state index contributed by atoms with van der Waals surface area (Å²) in [7, 11) is -4.39. The molecule has 0 aromatic rings. The highest BCUT2D eigenvalue weighted by molar-refractivity contribution is 7.47. The summed E-state index contributed by atoms with van der Waals surface area (Å²) in [6.45, 7) is 3.59. The second-order valence-electron chi connectivity index (χ2n) is 15.9. The van der Waals surface area contributed by atoms with Crippen LogP contribution < -0.4 is 5.73 Å². The summed E-state index contributed by atoms with van der Waals surface area (Å²) in [5.74, 6) is -0.860. The third-order valence-corrected chi connectivity index (χ3v) is 11.2. The molecule has 9 nitrogen and oxygen atoms in total. The minimum Gasteiger partial charge on any atom is -0.462 e. The highest BCUT2D eigenvalue weighted by Crippen LogP contribution is 2.43. The molecule has 0 aliphatic rings. The topological polar surface area (TPSA) is 134 Å². The molecule has 0 saturated carbocycles. The molecule has 2 unspecified atom stereocenters. The van der Waals surface area contributed by atoms with Crippen LogP contribution in [0.15, 0.2) is 48.6 Å². The minimum absolute atomic E-state index is 0.0475. The average molecular weight is 852 g/mol. The second-order valence-corrected chi connectivity index (χ2v) is 17.4. The Kier molecular flexibility index (Phi) is 43.9. The van der Waals surface area contributed by atoms with Gasteiger partial charge in [-0.2, -0.15) is 0 Å². The highest BCUT2D eigenvalue weighted by Gasteiger charge is 2.26. The van der Waals surface area contributed by atoms with E-state index in [-0.39, 0.29) is 38.6 Å². The van der Waals surface area contributed by atoms with Crippen LogP contribution in [0.3, 0.4) is 0 Å². The maximum absolute atomic E-state index is 12.6. The quantitative estimate of drug-likeness (QED) is 0.0266. The fourth-order valence-corrected chi connectivity index (χ4v) is 7.41. The Hall–Kier alpha value is -2.03. The van der Waals surface area contributed by atoms with Crippen molar-refractivity contribution in [3.05, 3.63) is 48.6 Å². The number of allylic oxidation sites excluding steroid dienone is 8. The number of phosphoric acid groups is 1. The molecule has 0 heterocycles. The van der Waals surface area contributed by atoms with E-state index < -0.39 is 26.5 Å². The van der Waals surface area contributed by atoms with E-state index in [9.17, 15) is 19.0 Å². The molecule has 0 bridgehead atoms. The van der Waals surface area contributed by atoms with E-state index in [1.165, 1.54) is 128 Å². The lowest BCUT2D eigenvalue weighted by Crippen LogP contribution is -2.29. The van der Waals surface area contributed by atoms with E-state index in [0.717, 1.165) is 57.8 Å². The summed E-state index contributed by atoms with van der Waals surface area (Å²) in [6.07, 6.45) is 53.1. The summed E-state index contributed by atoms with van der Waals surface area (Å²) < 4.78 is 32.8. The van der Waals surface area contributed by atoms with Crippen molar-refractivity contribution in [3.63, 3.8) is 0 Å². The Morgan fingerprint density at radius 1 is 0.525 bits per heavy atom. The lowest BCUT2D eigenvalue weighted by atomic mass is 10.0. The maximum Gasteiger partial charge on any atom is 0.472 e. The molecule has 59 heavy (non-hydrogen) atoms. The third-order valence-electron chi connectivity index (χ3n) is 10.2. The van der Waals surface area contributed by atoms with Crippen LogP contribution in [0.1, 0.15) is 219 Å². The lowest BCUT2D eigenvalue weighted by Gasteiger charge is -2.19. The van der Waals surface area contributed by atoms with Crippen LogP contribution in [-0.2, 0) is 32.7 Å². The van der Waals surface area contributed by atoms with Crippen LogP contribution in [-0.4, -0.2) is 49.3 Å². The Morgan fingerprint density at radius 2 is 0.932 bits per heavy atom. The van der Waals surface area contributed by atoms with Gasteiger partial charge in [-0.05, 0) is 70.6 Å². The minimum atomic E-state index is -4.39. The number of carbonyl (C=O) groups excluding carboxylic acids is 2. The van der Waals surface area contributed by atoms with Crippen molar-refractivity contribution in [2.45, 2.75) is 225 Å². The number of hydrogen-bond donors (Lipinski definition) is 2. The van der Waals surface area contributed by atoms with E-state index in [1.54, 1.807) is 0 Å². The molecule has 0 radical (unpaired) electrons. The van der Waals surface area contributed by atoms with Gasteiger partial charge >= 0.3 is 19.8 Å². The normalized spacial score (nSPS) is 13.6. The second kappa shape index (κ2) is 45.5. The van der Waals surface area contributed by atoms with Crippen LogP contribution in [0.2, 0.25) is 0 Å². The Morgan fingerprint density at radius 3 is 1.42 bits per heavy atom. The average Bonchev–Trinajstić information content (AvgIpc) is 3.22. The van der Waals surface area contributed by atoms with Gasteiger partial charge in [0.25, 0.3) is 0 Å². The van der Waals surface area contributed by atoms with Crippen LogP contribution >= 0.6 is 7.82 Å². The molecule has 3 N–H and O–H groups in total. The fourth-order valence-electron chi connectivity index (χ4n) is 6.64. The SMILES string of the molecule is CC/C=C\C/C=C\C/C=C\CCCCCC(=O)OC(COC(=O)CCCCCCCCCCCCCCC/C=C\CCCCCCCCCC)COP(=O)(O)OCCN. The van der Waals surface area contributed by atoms with Gasteiger partial charge < -0.3 is 20.1 Å². The lowest BCUT2D eigenvalue weighted by molar-refractivity contribution is -0.161. The molecule has 344 valence electrons. The van der Waals surface area contributed by atoms with Crippen molar-refractivity contribution >= 4 is 19.8 Å².